The molecule has 15 heavy (non-hydrogen) atoms. The third-order valence-corrected chi connectivity index (χ3v) is 2.97. The normalized spacial score (nSPS) is 20.5. The fourth-order valence-corrected chi connectivity index (χ4v) is 2.13. The summed E-state index contributed by atoms with van der Waals surface area (Å²) in [5.41, 5.74) is 1.94. The van der Waals surface area contributed by atoms with Crippen molar-refractivity contribution >= 4 is 0 Å². The number of aryl methyl sites for hydroxylation is 1. The number of benzene rings is 1. The minimum atomic E-state index is -0.419. The molecule has 0 bridgehead atoms. The molecule has 0 amide bonds. The lowest BCUT2D eigenvalue weighted by molar-refractivity contribution is 0.166. The SMILES string of the molecule is COc1cc2c(cc1O)CCCC[C@@H]2O. The van der Waals surface area contributed by atoms with Crippen molar-refractivity contribution < 1.29 is 14.9 Å². The van der Waals surface area contributed by atoms with Gasteiger partial charge in [-0.3, -0.25) is 0 Å². The Hall–Kier alpha value is -1.22. The molecular weight excluding hydrogens is 192 g/mol. The summed E-state index contributed by atoms with van der Waals surface area (Å²) in [7, 11) is 1.52. The molecule has 0 fully saturated rings. The third kappa shape index (κ3) is 1.92. The van der Waals surface area contributed by atoms with E-state index in [2.05, 4.69) is 0 Å². The van der Waals surface area contributed by atoms with E-state index in [4.69, 9.17) is 4.74 Å². The highest BCUT2D eigenvalue weighted by molar-refractivity contribution is 5.47. The zero-order chi connectivity index (χ0) is 10.8. The van der Waals surface area contributed by atoms with Crippen LogP contribution in [0.4, 0.5) is 0 Å². The number of aliphatic hydroxyl groups is 1. The standard InChI is InChI=1S/C12H16O3/c1-15-12-7-9-8(6-11(12)14)4-2-3-5-10(9)13/h6-7,10,13-14H,2-5H2,1H3/t10-/m0/s1. The summed E-state index contributed by atoms with van der Waals surface area (Å²) in [6.07, 6.45) is 3.39. The maximum atomic E-state index is 9.92. The number of fused-ring (bicyclic) bond motifs is 1. The lowest BCUT2D eigenvalue weighted by Crippen LogP contribution is -1.99. The van der Waals surface area contributed by atoms with Gasteiger partial charge in [0, 0.05) is 0 Å². The molecule has 82 valence electrons. The first-order valence-electron chi connectivity index (χ1n) is 5.30. The fourth-order valence-electron chi connectivity index (χ4n) is 2.13. The van der Waals surface area contributed by atoms with Crippen molar-refractivity contribution in [2.45, 2.75) is 31.8 Å². The second kappa shape index (κ2) is 4.11. The van der Waals surface area contributed by atoms with Gasteiger partial charge in [-0.25, -0.2) is 0 Å². The molecule has 3 heteroatoms. The van der Waals surface area contributed by atoms with Crippen LogP contribution in [0.2, 0.25) is 0 Å². The van der Waals surface area contributed by atoms with Gasteiger partial charge in [0.25, 0.3) is 0 Å². The monoisotopic (exact) mass is 208 g/mol. The zero-order valence-electron chi connectivity index (χ0n) is 8.86. The number of aliphatic hydroxyl groups excluding tert-OH is 1. The number of aromatic hydroxyl groups is 1. The predicted octanol–water partition coefficient (Wildman–Crippen LogP) is 2.16. The first kappa shape index (κ1) is 10.3. The second-order valence-corrected chi connectivity index (χ2v) is 3.98. The molecule has 2 rings (SSSR count). The number of ether oxygens (including phenoxy) is 1. The lowest BCUT2D eigenvalue weighted by Gasteiger charge is -2.14. The summed E-state index contributed by atoms with van der Waals surface area (Å²) in [6, 6.07) is 3.46. The largest absolute Gasteiger partial charge is 0.504 e. The van der Waals surface area contributed by atoms with Crippen molar-refractivity contribution in [2.24, 2.45) is 0 Å². The van der Waals surface area contributed by atoms with Gasteiger partial charge < -0.3 is 14.9 Å². The Balaban J connectivity index is 2.47. The van der Waals surface area contributed by atoms with E-state index in [-0.39, 0.29) is 5.75 Å². The van der Waals surface area contributed by atoms with Gasteiger partial charge in [0.15, 0.2) is 11.5 Å². The van der Waals surface area contributed by atoms with Gasteiger partial charge in [0.05, 0.1) is 13.2 Å². The first-order valence-corrected chi connectivity index (χ1v) is 5.30. The van der Waals surface area contributed by atoms with E-state index >= 15 is 0 Å². The third-order valence-electron chi connectivity index (χ3n) is 2.97. The van der Waals surface area contributed by atoms with Crippen molar-refractivity contribution in [1.29, 1.82) is 0 Å². The van der Waals surface area contributed by atoms with Crippen LogP contribution in [-0.2, 0) is 6.42 Å². The summed E-state index contributed by atoms with van der Waals surface area (Å²) in [4.78, 5) is 0. The van der Waals surface area contributed by atoms with E-state index in [0.29, 0.717) is 5.75 Å². The fraction of sp³-hybridized carbons (Fsp3) is 0.500. The Morgan fingerprint density at radius 2 is 2.13 bits per heavy atom. The number of phenolic OH excluding ortho intramolecular Hbond substituents is 1. The van der Waals surface area contributed by atoms with Gasteiger partial charge in [-0.1, -0.05) is 6.42 Å². The van der Waals surface area contributed by atoms with Gasteiger partial charge in [-0.2, -0.15) is 0 Å². The number of rotatable bonds is 1. The molecule has 1 atom stereocenters. The highest BCUT2D eigenvalue weighted by Gasteiger charge is 2.18. The van der Waals surface area contributed by atoms with Crippen LogP contribution in [0.15, 0.2) is 12.1 Å². The minimum absolute atomic E-state index is 0.158. The lowest BCUT2D eigenvalue weighted by atomic mass is 10.0. The van der Waals surface area contributed by atoms with Gasteiger partial charge in [0.1, 0.15) is 0 Å². The van der Waals surface area contributed by atoms with E-state index in [1.54, 1.807) is 12.1 Å². The van der Waals surface area contributed by atoms with Crippen LogP contribution in [0.25, 0.3) is 0 Å². The Kier molecular flexibility index (Phi) is 2.82. The molecule has 0 spiro atoms. The van der Waals surface area contributed by atoms with Crippen LogP contribution in [0.3, 0.4) is 0 Å². The summed E-state index contributed by atoms with van der Waals surface area (Å²) >= 11 is 0. The molecule has 0 radical (unpaired) electrons. The maximum absolute atomic E-state index is 9.92. The quantitative estimate of drug-likeness (QED) is 0.695. The Morgan fingerprint density at radius 3 is 2.87 bits per heavy atom. The molecule has 1 aromatic rings. The smallest absolute Gasteiger partial charge is 0.160 e. The summed E-state index contributed by atoms with van der Waals surface area (Å²) in [6.45, 7) is 0. The van der Waals surface area contributed by atoms with Crippen LogP contribution in [0.1, 0.15) is 36.5 Å². The highest BCUT2D eigenvalue weighted by atomic mass is 16.5. The van der Waals surface area contributed by atoms with Gasteiger partial charge in [-0.05, 0) is 42.5 Å². The van der Waals surface area contributed by atoms with E-state index in [1.165, 1.54) is 7.11 Å². The minimum Gasteiger partial charge on any atom is -0.504 e. The molecule has 0 unspecified atom stereocenters. The number of hydrogen-bond acceptors (Lipinski definition) is 3. The van der Waals surface area contributed by atoms with Crippen molar-refractivity contribution in [3.63, 3.8) is 0 Å². The maximum Gasteiger partial charge on any atom is 0.160 e. The van der Waals surface area contributed by atoms with Crippen molar-refractivity contribution in [1.82, 2.24) is 0 Å². The van der Waals surface area contributed by atoms with Gasteiger partial charge >= 0.3 is 0 Å². The van der Waals surface area contributed by atoms with Gasteiger partial charge in [0.2, 0.25) is 0 Å². The molecule has 1 aliphatic carbocycles. The average molecular weight is 208 g/mol. The molecule has 1 aromatic carbocycles. The molecular formula is C12H16O3. The Labute approximate surface area is 89.3 Å². The molecule has 3 nitrogen and oxygen atoms in total. The van der Waals surface area contributed by atoms with Crippen molar-refractivity contribution in [2.75, 3.05) is 7.11 Å². The number of methoxy groups -OCH3 is 1. The van der Waals surface area contributed by atoms with Crippen LogP contribution >= 0.6 is 0 Å². The van der Waals surface area contributed by atoms with Crippen LogP contribution < -0.4 is 4.74 Å². The molecule has 0 aliphatic heterocycles. The summed E-state index contributed by atoms with van der Waals surface area (Å²) in [5.74, 6) is 0.597. The van der Waals surface area contributed by atoms with Crippen LogP contribution in [0.5, 0.6) is 11.5 Å². The van der Waals surface area contributed by atoms with Crippen molar-refractivity contribution in [3.8, 4) is 11.5 Å². The molecule has 0 saturated heterocycles. The average Bonchev–Trinajstić information content (AvgIpc) is 2.40. The van der Waals surface area contributed by atoms with Crippen LogP contribution in [0, 0.1) is 0 Å². The summed E-state index contributed by atoms with van der Waals surface area (Å²) in [5, 5.41) is 19.6. The molecule has 0 aromatic heterocycles. The zero-order valence-corrected chi connectivity index (χ0v) is 8.86. The van der Waals surface area contributed by atoms with Crippen LogP contribution in [-0.4, -0.2) is 17.3 Å². The second-order valence-electron chi connectivity index (χ2n) is 3.98. The topological polar surface area (TPSA) is 49.7 Å². The molecule has 0 saturated carbocycles. The number of hydrogen-bond donors (Lipinski definition) is 2. The first-order chi connectivity index (χ1) is 7.22. The molecule has 0 heterocycles. The van der Waals surface area contributed by atoms with E-state index in [1.807, 2.05) is 0 Å². The Morgan fingerprint density at radius 1 is 1.33 bits per heavy atom. The number of phenols is 1. The molecule has 1 aliphatic rings. The Bertz CT molecular complexity index is 360. The van der Waals surface area contributed by atoms with Gasteiger partial charge in [-0.15, -0.1) is 0 Å². The summed E-state index contributed by atoms with van der Waals surface area (Å²) < 4.78 is 5.04. The predicted molar refractivity (Wildman–Crippen MR) is 57.2 cm³/mol. The molecule has 2 N–H and O–H groups in total. The van der Waals surface area contributed by atoms with Crippen molar-refractivity contribution in [3.05, 3.63) is 23.3 Å². The highest BCUT2D eigenvalue weighted by Crippen LogP contribution is 2.36. The van der Waals surface area contributed by atoms with E-state index < -0.39 is 6.10 Å². The van der Waals surface area contributed by atoms with E-state index in [0.717, 1.165) is 36.8 Å². The van der Waals surface area contributed by atoms with E-state index in [9.17, 15) is 10.2 Å².